The van der Waals surface area contributed by atoms with Crippen LogP contribution >= 0.6 is 0 Å². The predicted molar refractivity (Wildman–Crippen MR) is 61.4 cm³/mol. The van der Waals surface area contributed by atoms with E-state index >= 15 is 0 Å². The van der Waals surface area contributed by atoms with Crippen molar-refractivity contribution in [2.24, 2.45) is 11.3 Å². The van der Waals surface area contributed by atoms with Crippen LogP contribution in [0.3, 0.4) is 0 Å². The summed E-state index contributed by atoms with van der Waals surface area (Å²) in [7, 11) is 0. The van der Waals surface area contributed by atoms with E-state index in [0.717, 1.165) is 5.92 Å². The molecule has 1 heteroatoms. The van der Waals surface area contributed by atoms with E-state index in [1.165, 1.54) is 45.1 Å². The van der Waals surface area contributed by atoms with Crippen LogP contribution in [0.4, 0.5) is 0 Å². The summed E-state index contributed by atoms with van der Waals surface area (Å²) in [5, 5.41) is 3.71. The van der Waals surface area contributed by atoms with Gasteiger partial charge >= 0.3 is 0 Å². The summed E-state index contributed by atoms with van der Waals surface area (Å²) in [5.74, 6) is 1.06. The average molecular weight is 195 g/mol. The quantitative estimate of drug-likeness (QED) is 0.728. The summed E-state index contributed by atoms with van der Waals surface area (Å²) in [5.41, 5.74) is 1.01. The van der Waals surface area contributed by atoms with Crippen LogP contribution in [0.15, 0.2) is 0 Å². The minimum Gasteiger partial charge on any atom is -0.312 e. The first-order valence-corrected chi connectivity index (χ1v) is 6.27. The molecule has 0 radical (unpaired) electrons. The second-order valence-electron chi connectivity index (χ2n) is 6.45. The zero-order chi connectivity index (χ0) is 10.2. The van der Waals surface area contributed by atoms with E-state index in [4.69, 9.17) is 0 Å². The third-order valence-electron chi connectivity index (χ3n) is 4.29. The molecule has 1 N–H and O–H groups in total. The monoisotopic (exact) mass is 195 g/mol. The predicted octanol–water partition coefficient (Wildman–Crippen LogP) is 3.34. The maximum absolute atomic E-state index is 3.71. The summed E-state index contributed by atoms with van der Waals surface area (Å²) < 4.78 is 0. The number of nitrogens with one attached hydrogen (secondary N) is 1. The lowest BCUT2D eigenvalue weighted by molar-refractivity contribution is -0.00199. The van der Waals surface area contributed by atoms with Gasteiger partial charge in [0.15, 0.2) is 0 Å². The summed E-state index contributed by atoms with van der Waals surface area (Å²) in [6.07, 6.45) is 8.95. The Bertz CT molecular complexity index is 194. The Hall–Kier alpha value is -0.0400. The fourth-order valence-corrected chi connectivity index (χ4v) is 2.82. The molecule has 0 atom stereocenters. The summed E-state index contributed by atoms with van der Waals surface area (Å²) in [6, 6.07) is 0. The lowest BCUT2D eigenvalue weighted by atomic mass is 9.55. The molecule has 0 aromatic heterocycles. The minimum atomic E-state index is 0.298. The number of hydrogen-bond acceptors (Lipinski definition) is 1. The summed E-state index contributed by atoms with van der Waals surface area (Å²) in [6.45, 7) is 8.10. The third kappa shape index (κ3) is 1.98. The van der Waals surface area contributed by atoms with Crippen molar-refractivity contribution in [3.8, 4) is 0 Å². The second-order valence-corrected chi connectivity index (χ2v) is 6.45. The van der Waals surface area contributed by atoms with Crippen molar-refractivity contribution in [1.82, 2.24) is 5.32 Å². The second kappa shape index (κ2) is 3.52. The first kappa shape index (κ1) is 10.5. The van der Waals surface area contributed by atoms with Crippen molar-refractivity contribution in [3.63, 3.8) is 0 Å². The molecule has 14 heavy (non-hydrogen) atoms. The van der Waals surface area contributed by atoms with Crippen molar-refractivity contribution in [2.45, 2.75) is 64.8 Å². The molecule has 0 aliphatic heterocycles. The van der Waals surface area contributed by atoms with Crippen molar-refractivity contribution >= 4 is 0 Å². The van der Waals surface area contributed by atoms with Crippen molar-refractivity contribution in [3.05, 3.63) is 0 Å². The highest BCUT2D eigenvalue weighted by atomic mass is 15.0. The maximum atomic E-state index is 3.71. The van der Waals surface area contributed by atoms with Gasteiger partial charge in [0.1, 0.15) is 0 Å². The Morgan fingerprint density at radius 1 is 1.14 bits per heavy atom. The molecule has 0 saturated heterocycles. The summed E-state index contributed by atoms with van der Waals surface area (Å²) in [4.78, 5) is 0. The number of hydrogen-bond donors (Lipinski definition) is 1. The molecule has 0 aromatic carbocycles. The third-order valence-corrected chi connectivity index (χ3v) is 4.29. The fraction of sp³-hybridized carbons (Fsp3) is 1.00. The van der Waals surface area contributed by atoms with Gasteiger partial charge < -0.3 is 5.32 Å². The van der Waals surface area contributed by atoms with Gasteiger partial charge in [-0.3, -0.25) is 0 Å². The van der Waals surface area contributed by atoms with Gasteiger partial charge in [-0.2, -0.15) is 0 Å². The lowest BCUT2D eigenvalue weighted by Gasteiger charge is -2.52. The van der Waals surface area contributed by atoms with Crippen LogP contribution in [-0.2, 0) is 0 Å². The fourth-order valence-electron chi connectivity index (χ4n) is 2.82. The van der Waals surface area contributed by atoms with E-state index in [2.05, 4.69) is 26.1 Å². The smallest absolute Gasteiger partial charge is 0.00967 e. The zero-order valence-electron chi connectivity index (χ0n) is 10.0. The summed E-state index contributed by atoms with van der Waals surface area (Å²) >= 11 is 0. The van der Waals surface area contributed by atoms with Gasteiger partial charge in [0, 0.05) is 12.1 Å². The maximum Gasteiger partial charge on any atom is 0.00967 e. The Morgan fingerprint density at radius 2 is 1.79 bits per heavy atom. The molecule has 0 spiro atoms. The van der Waals surface area contributed by atoms with Gasteiger partial charge in [-0.1, -0.05) is 12.8 Å². The SMILES string of the molecule is CC(C)(C)NCC1(C2CCC2)CCC1. The van der Waals surface area contributed by atoms with E-state index in [1.807, 2.05) is 0 Å². The minimum absolute atomic E-state index is 0.298. The molecular formula is C13H25N. The van der Waals surface area contributed by atoms with Gasteiger partial charge in [-0.15, -0.1) is 0 Å². The van der Waals surface area contributed by atoms with Gasteiger partial charge in [-0.25, -0.2) is 0 Å². The Balaban J connectivity index is 1.86. The van der Waals surface area contributed by atoms with Crippen LogP contribution < -0.4 is 5.32 Å². The van der Waals surface area contributed by atoms with Gasteiger partial charge in [0.05, 0.1) is 0 Å². The van der Waals surface area contributed by atoms with Gasteiger partial charge in [0.2, 0.25) is 0 Å². The van der Waals surface area contributed by atoms with Crippen LogP contribution in [0.2, 0.25) is 0 Å². The van der Waals surface area contributed by atoms with E-state index in [-0.39, 0.29) is 0 Å². The molecule has 2 aliphatic carbocycles. The molecule has 82 valence electrons. The van der Waals surface area contributed by atoms with Crippen LogP contribution in [0.1, 0.15) is 59.3 Å². The van der Waals surface area contributed by atoms with Crippen LogP contribution in [0.5, 0.6) is 0 Å². The van der Waals surface area contributed by atoms with Crippen LogP contribution in [-0.4, -0.2) is 12.1 Å². The van der Waals surface area contributed by atoms with Crippen molar-refractivity contribution in [1.29, 1.82) is 0 Å². The highest BCUT2D eigenvalue weighted by Crippen LogP contribution is 2.54. The molecule has 0 unspecified atom stereocenters. The number of rotatable bonds is 3. The van der Waals surface area contributed by atoms with E-state index in [0.29, 0.717) is 11.0 Å². The molecular weight excluding hydrogens is 170 g/mol. The van der Waals surface area contributed by atoms with Gasteiger partial charge in [-0.05, 0) is 57.8 Å². The molecule has 0 heterocycles. The molecule has 2 fully saturated rings. The van der Waals surface area contributed by atoms with E-state index in [9.17, 15) is 0 Å². The van der Waals surface area contributed by atoms with E-state index in [1.54, 1.807) is 0 Å². The van der Waals surface area contributed by atoms with Crippen LogP contribution in [0.25, 0.3) is 0 Å². The first-order chi connectivity index (χ1) is 6.52. The lowest BCUT2D eigenvalue weighted by Crippen LogP contribution is -2.51. The normalized spacial score (nSPS) is 26.8. The van der Waals surface area contributed by atoms with Crippen molar-refractivity contribution < 1.29 is 0 Å². The topological polar surface area (TPSA) is 12.0 Å². The molecule has 1 nitrogen and oxygen atoms in total. The van der Waals surface area contributed by atoms with Crippen molar-refractivity contribution in [2.75, 3.05) is 6.54 Å². The molecule has 2 rings (SSSR count). The Labute approximate surface area is 88.7 Å². The Kier molecular flexibility index (Phi) is 2.63. The van der Waals surface area contributed by atoms with Gasteiger partial charge in [0.25, 0.3) is 0 Å². The molecule has 2 aliphatic rings. The van der Waals surface area contributed by atoms with Crippen LogP contribution in [0, 0.1) is 11.3 Å². The Morgan fingerprint density at radius 3 is 2.07 bits per heavy atom. The van der Waals surface area contributed by atoms with E-state index < -0.39 is 0 Å². The zero-order valence-corrected chi connectivity index (χ0v) is 10.0. The average Bonchev–Trinajstić information content (AvgIpc) is 1.88. The highest BCUT2D eigenvalue weighted by Gasteiger charge is 2.46. The molecule has 0 amide bonds. The highest BCUT2D eigenvalue weighted by molar-refractivity contribution is 4.98. The first-order valence-electron chi connectivity index (χ1n) is 6.27. The largest absolute Gasteiger partial charge is 0.312 e. The standard InChI is InChI=1S/C13H25N/c1-12(2,3)14-10-13(8-5-9-13)11-6-4-7-11/h11,14H,4-10H2,1-3H3. The molecule has 0 bridgehead atoms. The molecule has 0 aromatic rings. The molecule has 2 saturated carbocycles.